The SMILES string of the molecule is CCC1(CC)CC(=O)N(c2ccc(F)c(C(N)=S)c2)C1=O. The second kappa shape index (κ2) is 5.52. The van der Waals surface area contributed by atoms with Gasteiger partial charge < -0.3 is 5.73 Å². The molecular formula is C15H17FN2O2S. The molecule has 0 atom stereocenters. The number of halogens is 1. The second-order valence-electron chi connectivity index (χ2n) is 5.23. The zero-order chi connectivity index (χ0) is 15.8. The minimum Gasteiger partial charge on any atom is -0.389 e. The molecule has 6 heteroatoms. The molecule has 112 valence electrons. The van der Waals surface area contributed by atoms with E-state index in [4.69, 9.17) is 18.0 Å². The fourth-order valence-corrected chi connectivity index (χ4v) is 2.86. The maximum atomic E-state index is 13.6. The highest BCUT2D eigenvalue weighted by molar-refractivity contribution is 7.80. The molecule has 2 amide bonds. The molecule has 0 spiro atoms. The molecule has 1 saturated heterocycles. The highest BCUT2D eigenvalue weighted by Gasteiger charge is 2.49. The predicted octanol–water partition coefficient (Wildman–Crippen LogP) is 2.53. The topological polar surface area (TPSA) is 63.4 Å². The van der Waals surface area contributed by atoms with Gasteiger partial charge >= 0.3 is 0 Å². The number of amides is 2. The van der Waals surface area contributed by atoms with Gasteiger partial charge in [-0.2, -0.15) is 0 Å². The molecule has 0 unspecified atom stereocenters. The van der Waals surface area contributed by atoms with Crippen LogP contribution >= 0.6 is 12.2 Å². The fraction of sp³-hybridized carbons (Fsp3) is 0.400. The summed E-state index contributed by atoms with van der Waals surface area (Å²) in [4.78, 5) is 25.9. The number of benzene rings is 1. The molecule has 1 aliphatic heterocycles. The maximum Gasteiger partial charge on any atom is 0.240 e. The molecule has 0 aliphatic carbocycles. The van der Waals surface area contributed by atoms with Gasteiger partial charge in [0, 0.05) is 12.0 Å². The van der Waals surface area contributed by atoms with Crippen LogP contribution in [0.4, 0.5) is 10.1 Å². The molecule has 1 fully saturated rings. The molecule has 0 bridgehead atoms. The first-order valence-electron chi connectivity index (χ1n) is 6.83. The van der Waals surface area contributed by atoms with E-state index in [9.17, 15) is 14.0 Å². The Kier molecular flexibility index (Phi) is 4.09. The monoisotopic (exact) mass is 308 g/mol. The summed E-state index contributed by atoms with van der Waals surface area (Å²) in [6.45, 7) is 3.78. The van der Waals surface area contributed by atoms with Crippen LogP contribution in [-0.2, 0) is 9.59 Å². The number of hydrogen-bond donors (Lipinski definition) is 1. The first-order chi connectivity index (χ1) is 9.86. The van der Waals surface area contributed by atoms with Crippen LogP contribution in [0.2, 0.25) is 0 Å². The van der Waals surface area contributed by atoms with Crippen molar-refractivity contribution in [2.75, 3.05) is 4.90 Å². The first kappa shape index (κ1) is 15.6. The molecule has 1 heterocycles. The van der Waals surface area contributed by atoms with E-state index in [-0.39, 0.29) is 28.8 Å². The van der Waals surface area contributed by atoms with Crippen LogP contribution in [-0.4, -0.2) is 16.8 Å². The Labute approximate surface area is 128 Å². The van der Waals surface area contributed by atoms with Gasteiger partial charge in [-0.05, 0) is 31.0 Å². The normalized spacial score (nSPS) is 17.4. The van der Waals surface area contributed by atoms with Crippen molar-refractivity contribution in [1.82, 2.24) is 0 Å². The number of carbonyl (C=O) groups is 2. The zero-order valence-corrected chi connectivity index (χ0v) is 12.8. The summed E-state index contributed by atoms with van der Waals surface area (Å²) in [5.74, 6) is -1.08. The van der Waals surface area contributed by atoms with Crippen molar-refractivity contribution in [2.24, 2.45) is 11.1 Å². The molecule has 4 nitrogen and oxygen atoms in total. The van der Waals surface area contributed by atoms with Crippen LogP contribution in [0.15, 0.2) is 18.2 Å². The molecule has 1 aliphatic rings. The number of carbonyl (C=O) groups excluding carboxylic acids is 2. The van der Waals surface area contributed by atoms with E-state index in [1.807, 2.05) is 13.8 Å². The van der Waals surface area contributed by atoms with Crippen molar-refractivity contribution in [3.8, 4) is 0 Å². The molecule has 0 aromatic heterocycles. The van der Waals surface area contributed by atoms with Gasteiger partial charge in [0.1, 0.15) is 10.8 Å². The molecule has 1 aromatic carbocycles. The third-order valence-electron chi connectivity index (χ3n) is 4.22. The van der Waals surface area contributed by atoms with Gasteiger partial charge in [0.2, 0.25) is 11.8 Å². The van der Waals surface area contributed by atoms with Crippen LogP contribution in [0, 0.1) is 11.2 Å². The minimum atomic E-state index is -0.658. The van der Waals surface area contributed by atoms with E-state index in [1.165, 1.54) is 18.2 Å². The Balaban J connectivity index is 2.48. The van der Waals surface area contributed by atoms with Crippen LogP contribution < -0.4 is 10.6 Å². The summed E-state index contributed by atoms with van der Waals surface area (Å²) >= 11 is 4.78. The van der Waals surface area contributed by atoms with Crippen molar-refractivity contribution in [3.05, 3.63) is 29.6 Å². The van der Waals surface area contributed by atoms with Gasteiger partial charge in [-0.25, -0.2) is 4.39 Å². The lowest BCUT2D eigenvalue weighted by molar-refractivity contribution is -0.126. The van der Waals surface area contributed by atoms with Crippen molar-refractivity contribution in [3.63, 3.8) is 0 Å². The van der Waals surface area contributed by atoms with Crippen LogP contribution in [0.1, 0.15) is 38.7 Å². The standard InChI is InChI=1S/C15H17FN2O2S/c1-3-15(4-2)8-12(19)18(14(15)20)9-5-6-11(16)10(7-9)13(17)21/h5-7H,3-4,8H2,1-2H3,(H2,17,21). The van der Waals surface area contributed by atoms with Gasteiger partial charge in [0.05, 0.1) is 11.1 Å². The molecule has 0 radical (unpaired) electrons. The number of rotatable bonds is 4. The average molecular weight is 308 g/mol. The number of anilines is 1. The summed E-state index contributed by atoms with van der Waals surface area (Å²) in [5.41, 5.74) is 5.16. The number of nitrogens with two attached hydrogens (primary N) is 1. The van der Waals surface area contributed by atoms with Crippen LogP contribution in [0.25, 0.3) is 0 Å². The predicted molar refractivity (Wildman–Crippen MR) is 82.4 cm³/mol. The van der Waals surface area contributed by atoms with E-state index < -0.39 is 11.2 Å². The Bertz CT molecular complexity index is 626. The summed E-state index contributed by atoms with van der Waals surface area (Å²) < 4.78 is 13.6. The minimum absolute atomic E-state index is 0.0357. The van der Waals surface area contributed by atoms with E-state index in [1.54, 1.807) is 0 Å². The molecule has 1 aromatic rings. The highest BCUT2D eigenvalue weighted by atomic mass is 32.1. The summed E-state index contributed by atoms with van der Waals surface area (Å²) in [6.07, 6.45) is 1.36. The van der Waals surface area contributed by atoms with Crippen molar-refractivity contribution in [1.29, 1.82) is 0 Å². The quantitative estimate of drug-likeness (QED) is 0.686. The van der Waals surface area contributed by atoms with Crippen LogP contribution in [0.5, 0.6) is 0 Å². The van der Waals surface area contributed by atoms with Gasteiger partial charge in [-0.1, -0.05) is 26.1 Å². The smallest absolute Gasteiger partial charge is 0.240 e. The molecular weight excluding hydrogens is 291 g/mol. The Morgan fingerprint density at radius 1 is 1.38 bits per heavy atom. The third kappa shape index (κ3) is 2.44. The Hall–Kier alpha value is -1.82. The van der Waals surface area contributed by atoms with Crippen molar-refractivity contribution < 1.29 is 14.0 Å². The Morgan fingerprint density at radius 3 is 2.48 bits per heavy atom. The number of nitrogens with zero attached hydrogens (tertiary/aromatic N) is 1. The lowest BCUT2D eigenvalue weighted by Gasteiger charge is -2.23. The van der Waals surface area contributed by atoms with E-state index in [0.717, 1.165) is 4.90 Å². The van der Waals surface area contributed by atoms with Crippen molar-refractivity contribution >= 4 is 34.7 Å². The highest BCUT2D eigenvalue weighted by Crippen LogP contribution is 2.41. The fourth-order valence-electron chi connectivity index (χ4n) is 2.70. The zero-order valence-electron chi connectivity index (χ0n) is 12.0. The van der Waals surface area contributed by atoms with E-state index >= 15 is 0 Å². The molecule has 2 rings (SSSR count). The first-order valence-corrected chi connectivity index (χ1v) is 7.24. The van der Waals surface area contributed by atoms with Gasteiger partial charge in [-0.3, -0.25) is 14.5 Å². The Morgan fingerprint density at radius 2 is 2.00 bits per heavy atom. The third-order valence-corrected chi connectivity index (χ3v) is 4.44. The lowest BCUT2D eigenvalue weighted by Crippen LogP contribution is -2.35. The number of thiocarbonyl (C=S) groups is 1. The van der Waals surface area contributed by atoms with Gasteiger partial charge in [-0.15, -0.1) is 0 Å². The number of hydrogen-bond acceptors (Lipinski definition) is 3. The molecule has 2 N–H and O–H groups in total. The van der Waals surface area contributed by atoms with Crippen molar-refractivity contribution in [2.45, 2.75) is 33.1 Å². The largest absolute Gasteiger partial charge is 0.389 e. The summed E-state index contributed by atoms with van der Waals surface area (Å²) in [6, 6.07) is 3.92. The second-order valence-corrected chi connectivity index (χ2v) is 5.67. The van der Waals surface area contributed by atoms with Gasteiger partial charge in [0.15, 0.2) is 0 Å². The van der Waals surface area contributed by atoms with E-state index in [2.05, 4.69) is 0 Å². The average Bonchev–Trinajstić information content (AvgIpc) is 2.71. The molecule has 21 heavy (non-hydrogen) atoms. The van der Waals surface area contributed by atoms with Crippen LogP contribution in [0.3, 0.4) is 0 Å². The summed E-state index contributed by atoms with van der Waals surface area (Å²) in [7, 11) is 0. The van der Waals surface area contributed by atoms with E-state index in [0.29, 0.717) is 18.5 Å². The summed E-state index contributed by atoms with van der Waals surface area (Å²) in [5, 5.41) is 0. The van der Waals surface area contributed by atoms with Gasteiger partial charge in [0.25, 0.3) is 0 Å². The maximum absolute atomic E-state index is 13.6. The lowest BCUT2D eigenvalue weighted by atomic mass is 9.81. The molecule has 0 saturated carbocycles. The number of imide groups is 1.